The molecule has 1 aromatic heterocycles. The van der Waals surface area contributed by atoms with Gasteiger partial charge in [0.05, 0.1) is 17.4 Å². The quantitative estimate of drug-likeness (QED) is 0.631. The van der Waals surface area contributed by atoms with E-state index in [4.69, 9.17) is 5.84 Å². The number of pyridine rings is 1. The normalized spacial score (nSPS) is 16.3. The first-order valence-corrected chi connectivity index (χ1v) is 6.42. The largest absolute Gasteiger partial charge is 0.339 e. The molecule has 18 heavy (non-hydrogen) atoms. The third-order valence-electron chi connectivity index (χ3n) is 3.65. The number of anilines is 1. The summed E-state index contributed by atoms with van der Waals surface area (Å²) >= 11 is 0. The standard InChI is InChI=1S/C13H20N4O/c1-17(10-5-3-2-4-6-10)13(18)11-7-8-15-9-12(11)16-14/h7-10,16H,2-6,14H2,1H3. The number of nitrogens with zero attached hydrogens (tertiary/aromatic N) is 2. The number of nitrogens with one attached hydrogen (secondary N) is 1. The first-order valence-electron chi connectivity index (χ1n) is 6.42. The molecule has 5 heteroatoms. The maximum Gasteiger partial charge on any atom is 0.256 e. The van der Waals surface area contributed by atoms with Crippen molar-refractivity contribution >= 4 is 11.6 Å². The summed E-state index contributed by atoms with van der Waals surface area (Å²) in [6.07, 6.45) is 9.08. The fourth-order valence-electron chi connectivity index (χ4n) is 2.52. The minimum absolute atomic E-state index is 0.0113. The Labute approximate surface area is 107 Å². The predicted octanol–water partition coefficient (Wildman–Crippen LogP) is 1.77. The van der Waals surface area contributed by atoms with Gasteiger partial charge in [0.2, 0.25) is 0 Å². The second-order valence-electron chi connectivity index (χ2n) is 4.77. The maximum absolute atomic E-state index is 12.4. The number of carbonyl (C=O) groups excluding carboxylic acids is 1. The summed E-state index contributed by atoms with van der Waals surface area (Å²) in [6.45, 7) is 0. The number of amides is 1. The van der Waals surface area contributed by atoms with E-state index >= 15 is 0 Å². The van der Waals surface area contributed by atoms with E-state index in [2.05, 4.69) is 10.4 Å². The van der Waals surface area contributed by atoms with Crippen molar-refractivity contribution in [1.29, 1.82) is 0 Å². The van der Waals surface area contributed by atoms with Gasteiger partial charge in [0.15, 0.2) is 0 Å². The van der Waals surface area contributed by atoms with E-state index in [0.29, 0.717) is 17.3 Å². The van der Waals surface area contributed by atoms with Gasteiger partial charge in [0.1, 0.15) is 0 Å². The van der Waals surface area contributed by atoms with Crippen LogP contribution < -0.4 is 11.3 Å². The zero-order valence-corrected chi connectivity index (χ0v) is 10.7. The number of aromatic nitrogens is 1. The molecule has 1 fully saturated rings. The third kappa shape index (κ3) is 2.61. The zero-order valence-electron chi connectivity index (χ0n) is 10.7. The van der Waals surface area contributed by atoms with Gasteiger partial charge in [-0.2, -0.15) is 0 Å². The number of carbonyl (C=O) groups is 1. The van der Waals surface area contributed by atoms with E-state index in [9.17, 15) is 4.79 Å². The Hall–Kier alpha value is -1.62. The Kier molecular flexibility index (Phi) is 4.15. The van der Waals surface area contributed by atoms with E-state index in [1.165, 1.54) is 19.3 Å². The minimum atomic E-state index is 0.0113. The fraction of sp³-hybridized carbons (Fsp3) is 0.538. The van der Waals surface area contributed by atoms with Gasteiger partial charge < -0.3 is 10.3 Å². The summed E-state index contributed by atoms with van der Waals surface area (Å²) in [5.41, 5.74) is 3.68. The number of hydrogen-bond acceptors (Lipinski definition) is 4. The lowest BCUT2D eigenvalue weighted by Gasteiger charge is -2.31. The maximum atomic E-state index is 12.4. The molecule has 0 aliphatic heterocycles. The van der Waals surface area contributed by atoms with Gasteiger partial charge in [-0.25, -0.2) is 0 Å². The van der Waals surface area contributed by atoms with Gasteiger partial charge in [-0.15, -0.1) is 0 Å². The Balaban J connectivity index is 2.14. The summed E-state index contributed by atoms with van der Waals surface area (Å²) in [7, 11) is 1.87. The van der Waals surface area contributed by atoms with Crippen LogP contribution in [0.15, 0.2) is 18.5 Å². The smallest absolute Gasteiger partial charge is 0.256 e. The van der Waals surface area contributed by atoms with E-state index < -0.39 is 0 Å². The Bertz CT molecular complexity index is 415. The highest BCUT2D eigenvalue weighted by Crippen LogP contribution is 2.24. The van der Waals surface area contributed by atoms with Gasteiger partial charge in [-0.1, -0.05) is 19.3 Å². The molecule has 0 bridgehead atoms. The van der Waals surface area contributed by atoms with Crippen LogP contribution in [0.2, 0.25) is 0 Å². The second-order valence-corrected chi connectivity index (χ2v) is 4.77. The van der Waals surface area contributed by atoms with Gasteiger partial charge in [-0.3, -0.25) is 15.6 Å². The number of hydrazine groups is 1. The molecule has 1 aliphatic carbocycles. The average molecular weight is 248 g/mol. The van der Waals surface area contributed by atoms with Crippen molar-refractivity contribution in [1.82, 2.24) is 9.88 Å². The topological polar surface area (TPSA) is 71.2 Å². The number of nitrogen functional groups attached to an aromatic ring is 1. The number of hydrogen-bond donors (Lipinski definition) is 2. The van der Waals surface area contributed by atoms with Crippen molar-refractivity contribution in [3.05, 3.63) is 24.0 Å². The van der Waals surface area contributed by atoms with Gasteiger partial charge in [0.25, 0.3) is 5.91 Å². The molecular weight excluding hydrogens is 228 g/mol. The summed E-state index contributed by atoms with van der Waals surface area (Å²) in [5.74, 6) is 5.42. The van der Waals surface area contributed by atoms with Crippen LogP contribution in [-0.4, -0.2) is 28.9 Å². The minimum Gasteiger partial charge on any atom is -0.339 e. The molecule has 0 aromatic carbocycles. The van der Waals surface area contributed by atoms with Crippen molar-refractivity contribution in [3.8, 4) is 0 Å². The summed E-state index contributed by atoms with van der Waals surface area (Å²) in [6, 6.07) is 2.06. The molecule has 0 spiro atoms. The van der Waals surface area contributed by atoms with Crippen LogP contribution in [0.25, 0.3) is 0 Å². The van der Waals surface area contributed by atoms with E-state index in [1.54, 1.807) is 18.5 Å². The summed E-state index contributed by atoms with van der Waals surface area (Å²) < 4.78 is 0. The van der Waals surface area contributed by atoms with Crippen molar-refractivity contribution in [3.63, 3.8) is 0 Å². The highest BCUT2D eigenvalue weighted by Gasteiger charge is 2.24. The molecule has 0 saturated heterocycles. The van der Waals surface area contributed by atoms with E-state index in [1.807, 2.05) is 11.9 Å². The number of rotatable bonds is 3. The fourth-order valence-corrected chi connectivity index (χ4v) is 2.52. The van der Waals surface area contributed by atoms with Crippen molar-refractivity contribution < 1.29 is 4.79 Å². The molecular formula is C13H20N4O. The number of nitrogens with two attached hydrogens (primary N) is 1. The first kappa shape index (κ1) is 12.8. The molecule has 98 valence electrons. The van der Waals surface area contributed by atoms with Crippen LogP contribution >= 0.6 is 0 Å². The third-order valence-corrected chi connectivity index (χ3v) is 3.65. The molecule has 1 aromatic rings. The van der Waals surface area contributed by atoms with Crippen LogP contribution in [0.5, 0.6) is 0 Å². The highest BCUT2D eigenvalue weighted by molar-refractivity contribution is 5.99. The van der Waals surface area contributed by atoms with Crippen LogP contribution in [0.1, 0.15) is 42.5 Å². The zero-order chi connectivity index (χ0) is 13.0. The highest BCUT2D eigenvalue weighted by atomic mass is 16.2. The molecule has 0 unspecified atom stereocenters. The van der Waals surface area contributed by atoms with Crippen LogP contribution in [0.4, 0.5) is 5.69 Å². The molecule has 3 N–H and O–H groups in total. The van der Waals surface area contributed by atoms with Gasteiger partial charge >= 0.3 is 0 Å². The molecule has 1 heterocycles. The molecule has 1 aliphatic rings. The molecule has 0 radical (unpaired) electrons. The monoisotopic (exact) mass is 248 g/mol. The van der Waals surface area contributed by atoms with Gasteiger partial charge in [-0.05, 0) is 18.9 Å². The van der Waals surface area contributed by atoms with Crippen LogP contribution in [0.3, 0.4) is 0 Å². The molecule has 1 saturated carbocycles. The lowest BCUT2D eigenvalue weighted by molar-refractivity contribution is 0.0697. The van der Waals surface area contributed by atoms with E-state index in [-0.39, 0.29) is 5.91 Å². The van der Waals surface area contributed by atoms with E-state index in [0.717, 1.165) is 12.8 Å². The second kappa shape index (κ2) is 5.82. The first-order chi connectivity index (χ1) is 8.74. The summed E-state index contributed by atoms with van der Waals surface area (Å²) in [4.78, 5) is 18.2. The Morgan fingerprint density at radius 3 is 2.83 bits per heavy atom. The van der Waals surface area contributed by atoms with Gasteiger partial charge in [0, 0.05) is 19.3 Å². The van der Waals surface area contributed by atoms with Crippen molar-refractivity contribution in [2.45, 2.75) is 38.1 Å². The van der Waals surface area contributed by atoms with Crippen LogP contribution in [-0.2, 0) is 0 Å². The van der Waals surface area contributed by atoms with Crippen molar-refractivity contribution in [2.24, 2.45) is 5.84 Å². The predicted molar refractivity (Wildman–Crippen MR) is 71.0 cm³/mol. The molecule has 0 atom stereocenters. The lowest BCUT2D eigenvalue weighted by Crippen LogP contribution is -2.38. The Morgan fingerprint density at radius 1 is 1.44 bits per heavy atom. The van der Waals surface area contributed by atoms with Crippen LogP contribution in [0, 0.1) is 0 Å². The average Bonchev–Trinajstić information content (AvgIpc) is 2.46. The summed E-state index contributed by atoms with van der Waals surface area (Å²) in [5, 5.41) is 0. The lowest BCUT2D eigenvalue weighted by atomic mass is 9.94. The SMILES string of the molecule is CN(C(=O)c1ccncc1NN)C1CCCCC1. The Morgan fingerprint density at radius 2 is 2.17 bits per heavy atom. The van der Waals surface area contributed by atoms with Crippen molar-refractivity contribution in [2.75, 3.05) is 12.5 Å². The molecule has 1 amide bonds. The molecule has 5 nitrogen and oxygen atoms in total. The molecule has 2 rings (SSSR count).